The lowest BCUT2D eigenvalue weighted by Gasteiger charge is -1.85. The van der Waals surface area contributed by atoms with E-state index in [2.05, 4.69) is 0 Å². The molecule has 0 bridgehead atoms. The third kappa shape index (κ3) is 3.40. The van der Waals surface area contributed by atoms with Crippen molar-refractivity contribution in [2.24, 2.45) is 0 Å². The molecule has 0 aliphatic carbocycles. The fourth-order valence-corrected chi connectivity index (χ4v) is 0.335. The number of rotatable bonds is 2. The van der Waals surface area contributed by atoms with Crippen molar-refractivity contribution in [3.63, 3.8) is 0 Å². The Labute approximate surface area is 48.8 Å². The van der Waals surface area contributed by atoms with E-state index in [1.54, 1.807) is 6.92 Å². The molecule has 0 unspecified atom stereocenters. The Hall–Kier alpha value is -0.790. The van der Waals surface area contributed by atoms with Crippen molar-refractivity contribution in [3.8, 4) is 0 Å². The van der Waals surface area contributed by atoms with Crippen molar-refractivity contribution in [2.45, 2.75) is 20.3 Å². The van der Waals surface area contributed by atoms with Crippen molar-refractivity contribution >= 4 is 5.78 Å². The second kappa shape index (κ2) is 3.24. The van der Waals surface area contributed by atoms with Crippen molar-refractivity contribution in [1.29, 1.82) is 0 Å². The minimum atomic E-state index is -0.0370. The Morgan fingerprint density at radius 1 is 1.75 bits per heavy atom. The molecule has 0 aliphatic heterocycles. The van der Waals surface area contributed by atoms with E-state index in [1.165, 1.54) is 13.0 Å². The topological polar surface area (TPSA) is 37.3 Å². The van der Waals surface area contributed by atoms with E-state index >= 15 is 0 Å². The van der Waals surface area contributed by atoms with Gasteiger partial charge in [0.25, 0.3) is 0 Å². The van der Waals surface area contributed by atoms with Crippen LogP contribution in [0.3, 0.4) is 0 Å². The molecular weight excluding hydrogens is 104 g/mol. The summed E-state index contributed by atoms with van der Waals surface area (Å²) >= 11 is 0. The Bertz CT molecular complexity index is 110. The molecule has 0 spiro atoms. The van der Waals surface area contributed by atoms with Crippen molar-refractivity contribution in [3.05, 3.63) is 11.8 Å². The van der Waals surface area contributed by atoms with Crippen molar-refractivity contribution < 1.29 is 9.90 Å². The largest absolute Gasteiger partial charge is 0.512 e. The Kier molecular flexibility index (Phi) is 2.92. The van der Waals surface area contributed by atoms with Crippen LogP contribution in [-0.2, 0) is 4.79 Å². The highest BCUT2D eigenvalue weighted by molar-refractivity contribution is 5.89. The van der Waals surface area contributed by atoms with Gasteiger partial charge in [0.05, 0.1) is 5.76 Å². The van der Waals surface area contributed by atoms with Gasteiger partial charge >= 0.3 is 0 Å². The SMILES string of the molecule is CCC(=O)/C=C(/C)O. The van der Waals surface area contributed by atoms with Crippen LogP contribution in [0.2, 0.25) is 0 Å². The fourth-order valence-electron chi connectivity index (χ4n) is 0.335. The summed E-state index contributed by atoms with van der Waals surface area (Å²) < 4.78 is 0. The average Bonchev–Trinajstić information content (AvgIpc) is 1.65. The molecular formula is C6H10O2. The first-order valence-electron chi connectivity index (χ1n) is 2.57. The number of hydrogen-bond acceptors (Lipinski definition) is 2. The van der Waals surface area contributed by atoms with Crippen LogP contribution in [0.5, 0.6) is 0 Å². The van der Waals surface area contributed by atoms with E-state index in [0.717, 1.165) is 0 Å². The predicted octanol–water partition coefficient (Wildman–Crippen LogP) is 1.43. The summed E-state index contributed by atoms with van der Waals surface area (Å²) in [6, 6.07) is 0. The van der Waals surface area contributed by atoms with E-state index in [9.17, 15) is 4.79 Å². The fraction of sp³-hybridized carbons (Fsp3) is 0.500. The van der Waals surface area contributed by atoms with Crippen LogP contribution < -0.4 is 0 Å². The smallest absolute Gasteiger partial charge is 0.158 e. The average molecular weight is 114 g/mol. The molecule has 2 heteroatoms. The summed E-state index contributed by atoms with van der Waals surface area (Å²) in [6.45, 7) is 3.23. The molecule has 0 fully saturated rings. The highest BCUT2D eigenvalue weighted by Crippen LogP contribution is 1.87. The maximum Gasteiger partial charge on any atom is 0.158 e. The number of aliphatic hydroxyl groups is 1. The summed E-state index contributed by atoms with van der Waals surface area (Å²) in [7, 11) is 0. The molecule has 8 heavy (non-hydrogen) atoms. The van der Waals surface area contributed by atoms with Gasteiger partial charge in [0.1, 0.15) is 0 Å². The summed E-state index contributed by atoms with van der Waals surface area (Å²) in [5, 5.41) is 8.49. The lowest BCUT2D eigenvalue weighted by Crippen LogP contribution is -1.88. The van der Waals surface area contributed by atoms with Gasteiger partial charge in [-0.05, 0) is 6.92 Å². The van der Waals surface area contributed by atoms with Gasteiger partial charge in [0.2, 0.25) is 0 Å². The first kappa shape index (κ1) is 7.21. The van der Waals surface area contributed by atoms with Gasteiger partial charge < -0.3 is 5.11 Å². The van der Waals surface area contributed by atoms with Gasteiger partial charge in [-0.1, -0.05) is 6.92 Å². The monoisotopic (exact) mass is 114 g/mol. The van der Waals surface area contributed by atoms with Crippen LogP contribution >= 0.6 is 0 Å². The molecule has 0 rings (SSSR count). The van der Waals surface area contributed by atoms with E-state index in [-0.39, 0.29) is 11.5 Å². The minimum absolute atomic E-state index is 0.0370. The summed E-state index contributed by atoms with van der Waals surface area (Å²) in [5.74, 6) is 0.0434. The Morgan fingerprint density at radius 2 is 2.25 bits per heavy atom. The molecule has 0 aliphatic rings. The van der Waals surface area contributed by atoms with Crippen LogP contribution in [0.1, 0.15) is 20.3 Å². The van der Waals surface area contributed by atoms with E-state index in [1.807, 2.05) is 0 Å². The first-order valence-corrected chi connectivity index (χ1v) is 2.57. The standard InChI is InChI=1S/C6H10O2/c1-3-6(8)4-5(2)7/h4,7H,3H2,1-2H3/b5-4-. The molecule has 2 nitrogen and oxygen atoms in total. The number of carbonyl (C=O) groups is 1. The molecule has 1 N–H and O–H groups in total. The van der Waals surface area contributed by atoms with Gasteiger partial charge in [-0.3, -0.25) is 4.79 Å². The molecule has 0 aromatic carbocycles. The van der Waals surface area contributed by atoms with Crippen LogP contribution in [-0.4, -0.2) is 10.9 Å². The molecule has 0 heterocycles. The highest BCUT2D eigenvalue weighted by atomic mass is 16.3. The maximum atomic E-state index is 10.4. The van der Waals surface area contributed by atoms with Gasteiger partial charge in [-0.15, -0.1) is 0 Å². The van der Waals surface area contributed by atoms with Crippen LogP contribution in [0.4, 0.5) is 0 Å². The second-order valence-corrected chi connectivity index (χ2v) is 1.61. The zero-order chi connectivity index (χ0) is 6.57. The molecule has 0 saturated heterocycles. The van der Waals surface area contributed by atoms with Crippen molar-refractivity contribution in [1.82, 2.24) is 0 Å². The van der Waals surface area contributed by atoms with E-state index in [4.69, 9.17) is 5.11 Å². The first-order chi connectivity index (χ1) is 3.66. The molecule has 0 aromatic rings. The molecule has 0 atom stereocenters. The molecule has 0 amide bonds. The summed E-state index contributed by atoms with van der Waals surface area (Å²) in [6.07, 6.45) is 1.68. The number of ketones is 1. The second-order valence-electron chi connectivity index (χ2n) is 1.61. The van der Waals surface area contributed by atoms with Gasteiger partial charge in [-0.25, -0.2) is 0 Å². The zero-order valence-corrected chi connectivity index (χ0v) is 5.14. The number of carbonyl (C=O) groups excluding carboxylic acids is 1. The zero-order valence-electron chi connectivity index (χ0n) is 5.14. The summed E-state index contributed by atoms with van der Waals surface area (Å²) in [4.78, 5) is 10.4. The van der Waals surface area contributed by atoms with Gasteiger partial charge in [0, 0.05) is 12.5 Å². The van der Waals surface area contributed by atoms with E-state index in [0.29, 0.717) is 6.42 Å². The normalized spacial score (nSPS) is 11.5. The lowest BCUT2D eigenvalue weighted by atomic mass is 10.3. The predicted molar refractivity (Wildman–Crippen MR) is 31.7 cm³/mol. The molecule has 0 aromatic heterocycles. The summed E-state index contributed by atoms with van der Waals surface area (Å²) in [5.41, 5.74) is 0. The lowest BCUT2D eigenvalue weighted by molar-refractivity contribution is -0.114. The third-order valence-electron chi connectivity index (χ3n) is 0.718. The Morgan fingerprint density at radius 3 is 2.38 bits per heavy atom. The van der Waals surface area contributed by atoms with Crippen molar-refractivity contribution in [2.75, 3.05) is 0 Å². The minimum Gasteiger partial charge on any atom is -0.512 e. The highest BCUT2D eigenvalue weighted by Gasteiger charge is 1.90. The van der Waals surface area contributed by atoms with Gasteiger partial charge in [0.15, 0.2) is 5.78 Å². The number of aliphatic hydroxyl groups excluding tert-OH is 1. The van der Waals surface area contributed by atoms with Crippen LogP contribution in [0.25, 0.3) is 0 Å². The third-order valence-corrected chi connectivity index (χ3v) is 0.718. The molecule has 0 radical (unpaired) electrons. The van der Waals surface area contributed by atoms with Gasteiger partial charge in [-0.2, -0.15) is 0 Å². The van der Waals surface area contributed by atoms with Crippen LogP contribution in [0.15, 0.2) is 11.8 Å². The Balaban J connectivity index is 3.70. The molecule has 46 valence electrons. The quantitative estimate of drug-likeness (QED) is 0.435. The number of allylic oxidation sites excluding steroid dienone is 2. The maximum absolute atomic E-state index is 10.4. The molecule has 0 saturated carbocycles. The van der Waals surface area contributed by atoms with Crippen LogP contribution in [0, 0.1) is 0 Å². The number of hydrogen-bond donors (Lipinski definition) is 1. The van der Waals surface area contributed by atoms with E-state index < -0.39 is 0 Å².